The van der Waals surface area contributed by atoms with Crippen LogP contribution in [0.4, 0.5) is 0 Å². The Morgan fingerprint density at radius 1 is 1.36 bits per heavy atom. The van der Waals surface area contributed by atoms with Crippen LogP contribution in [0, 0.1) is 18.3 Å². The van der Waals surface area contributed by atoms with Crippen LogP contribution >= 0.6 is 0 Å². The molecule has 72 valence electrons. The Bertz CT molecular complexity index is 362. The summed E-state index contributed by atoms with van der Waals surface area (Å²) in [5.41, 5.74) is 2.76. The van der Waals surface area contributed by atoms with E-state index in [9.17, 15) is 5.11 Å². The Hall–Kier alpha value is -1.26. The van der Waals surface area contributed by atoms with E-state index in [0.717, 1.165) is 19.3 Å². The molecule has 1 heteroatoms. The highest BCUT2D eigenvalue weighted by Crippen LogP contribution is 2.27. The molecule has 1 nitrogen and oxygen atoms in total. The van der Waals surface area contributed by atoms with Gasteiger partial charge in [0.15, 0.2) is 0 Å². The van der Waals surface area contributed by atoms with Crippen LogP contribution in [0.15, 0.2) is 24.3 Å². The molecule has 0 spiro atoms. The maximum Gasteiger partial charge on any atom is 0.117 e. The number of hydrogen-bond donors (Lipinski definition) is 1. The number of benzene rings is 1. The lowest BCUT2D eigenvalue weighted by Gasteiger charge is -2.25. The van der Waals surface area contributed by atoms with Crippen molar-refractivity contribution in [3.63, 3.8) is 0 Å². The summed E-state index contributed by atoms with van der Waals surface area (Å²) in [4.78, 5) is 0. The second-order valence-corrected chi connectivity index (χ2v) is 3.88. The van der Waals surface area contributed by atoms with Crippen LogP contribution < -0.4 is 0 Å². The average Bonchev–Trinajstić information content (AvgIpc) is 2.27. The number of terminal acetylenes is 1. The first-order valence-electron chi connectivity index (χ1n) is 5.02. The number of aryl methyl sites for hydroxylation is 1. The topological polar surface area (TPSA) is 20.2 Å². The minimum Gasteiger partial charge on any atom is -0.380 e. The quantitative estimate of drug-likeness (QED) is 0.663. The Morgan fingerprint density at radius 3 is 2.79 bits per heavy atom. The molecular formula is C13H14O. The smallest absolute Gasteiger partial charge is 0.117 e. The number of fused-ring (bicyclic) bond motifs is 1. The zero-order valence-electron chi connectivity index (χ0n) is 8.11. The van der Waals surface area contributed by atoms with Crippen molar-refractivity contribution in [1.29, 1.82) is 0 Å². The monoisotopic (exact) mass is 186 g/mol. The van der Waals surface area contributed by atoms with Crippen LogP contribution in [0.2, 0.25) is 0 Å². The summed E-state index contributed by atoms with van der Waals surface area (Å²) in [5.74, 6) is 2.67. The third-order valence-corrected chi connectivity index (χ3v) is 3.00. The van der Waals surface area contributed by atoms with E-state index in [1.165, 1.54) is 11.1 Å². The van der Waals surface area contributed by atoms with Gasteiger partial charge in [0.05, 0.1) is 0 Å². The fraction of sp³-hybridized carbons (Fsp3) is 0.385. The molecule has 0 fully saturated rings. The molecule has 2 unspecified atom stereocenters. The summed E-state index contributed by atoms with van der Waals surface area (Å²) in [6.45, 7) is 0. The molecule has 0 amide bonds. The van der Waals surface area contributed by atoms with Gasteiger partial charge in [-0.2, -0.15) is 0 Å². The molecule has 1 aliphatic carbocycles. The molecule has 0 aliphatic heterocycles. The highest BCUT2D eigenvalue weighted by molar-refractivity contribution is 5.30. The largest absolute Gasteiger partial charge is 0.380 e. The number of hydrogen-bond acceptors (Lipinski definition) is 1. The van der Waals surface area contributed by atoms with E-state index in [0.29, 0.717) is 0 Å². The lowest BCUT2D eigenvalue weighted by atomic mass is 9.81. The molecule has 1 aromatic carbocycles. The Balaban J connectivity index is 2.18. The van der Waals surface area contributed by atoms with E-state index in [4.69, 9.17) is 6.42 Å². The van der Waals surface area contributed by atoms with E-state index < -0.39 is 6.10 Å². The van der Waals surface area contributed by atoms with Gasteiger partial charge in [0.2, 0.25) is 0 Å². The van der Waals surface area contributed by atoms with Crippen molar-refractivity contribution in [2.45, 2.75) is 25.4 Å². The first-order valence-corrected chi connectivity index (χ1v) is 5.02. The third kappa shape index (κ3) is 1.66. The molecule has 0 radical (unpaired) electrons. The van der Waals surface area contributed by atoms with E-state index in [2.05, 4.69) is 24.1 Å². The first-order chi connectivity index (χ1) is 6.81. The zero-order valence-corrected chi connectivity index (χ0v) is 8.11. The lowest BCUT2D eigenvalue weighted by Crippen LogP contribution is -2.25. The first kappa shape index (κ1) is 9.30. The molecule has 1 aliphatic rings. The van der Waals surface area contributed by atoms with Crippen molar-refractivity contribution < 1.29 is 5.11 Å². The minimum atomic E-state index is -0.580. The molecule has 14 heavy (non-hydrogen) atoms. The number of aliphatic hydroxyl groups is 1. The van der Waals surface area contributed by atoms with Crippen LogP contribution in [0.25, 0.3) is 0 Å². The van der Waals surface area contributed by atoms with Gasteiger partial charge in [-0.25, -0.2) is 0 Å². The summed E-state index contributed by atoms with van der Waals surface area (Å²) in [5, 5.41) is 9.57. The molecule has 0 aromatic heterocycles. The van der Waals surface area contributed by atoms with Crippen molar-refractivity contribution in [2.24, 2.45) is 5.92 Å². The van der Waals surface area contributed by atoms with Gasteiger partial charge in [-0.3, -0.25) is 0 Å². The van der Waals surface area contributed by atoms with Gasteiger partial charge in [-0.05, 0) is 30.4 Å². The lowest BCUT2D eigenvalue weighted by molar-refractivity contribution is 0.151. The van der Waals surface area contributed by atoms with Crippen molar-refractivity contribution in [2.75, 3.05) is 0 Å². The van der Waals surface area contributed by atoms with Gasteiger partial charge >= 0.3 is 0 Å². The average molecular weight is 186 g/mol. The van der Waals surface area contributed by atoms with Crippen LogP contribution in [-0.4, -0.2) is 11.2 Å². The van der Waals surface area contributed by atoms with Gasteiger partial charge in [-0.15, -0.1) is 6.42 Å². The molecule has 0 saturated carbocycles. The second-order valence-electron chi connectivity index (χ2n) is 3.88. The van der Waals surface area contributed by atoms with E-state index >= 15 is 0 Å². The molecular weight excluding hydrogens is 172 g/mol. The van der Waals surface area contributed by atoms with Gasteiger partial charge in [-0.1, -0.05) is 30.2 Å². The highest BCUT2D eigenvalue weighted by atomic mass is 16.3. The minimum absolute atomic E-state index is 0.245. The van der Waals surface area contributed by atoms with Crippen LogP contribution in [0.5, 0.6) is 0 Å². The summed E-state index contributed by atoms with van der Waals surface area (Å²) in [7, 11) is 0. The zero-order chi connectivity index (χ0) is 9.97. The Morgan fingerprint density at radius 2 is 2.07 bits per heavy atom. The Labute approximate surface area is 84.8 Å². The van der Waals surface area contributed by atoms with Gasteiger partial charge in [0.1, 0.15) is 6.10 Å². The summed E-state index contributed by atoms with van der Waals surface area (Å²) >= 11 is 0. The van der Waals surface area contributed by atoms with Gasteiger partial charge < -0.3 is 5.11 Å². The Kier molecular flexibility index (Phi) is 2.56. The maximum atomic E-state index is 9.57. The molecule has 1 N–H and O–H groups in total. The summed E-state index contributed by atoms with van der Waals surface area (Å²) < 4.78 is 0. The predicted octanol–water partition coefficient (Wildman–Crippen LogP) is 1.79. The molecule has 2 atom stereocenters. The van der Waals surface area contributed by atoms with Crippen LogP contribution in [0.3, 0.4) is 0 Å². The van der Waals surface area contributed by atoms with E-state index in [-0.39, 0.29) is 5.92 Å². The van der Waals surface area contributed by atoms with E-state index in [1.54, 1.807) is 0 Å². The van der Waals surface area contributed by atoms with Gasteiger partial charge in [0, 0.05) is 5.92 Å². The number of aliphatic hydroxyl groups excluding tert-OH is 1. The summed E-state index contributed by atoms with van der Waals surface area (Å²) in [6.07, 6.45) is 7.60. The van der Waals surface area contributed by atoms with Crippen LogP contribution in [0.1, 0.15) is 17.5 Å². The highest BCUT2D eigenvalue weighted by Gasteiger charge is 2.22. The molecule has 0 heterocycles. The van der Waals surface area contributed by atoms with Crippen molar-refractivity contribution in [3.05, 3.63) is 35.4 Å². The SMILES string of the molecule is C#CC(O)C1CCc2ccccc2C1. The standard InChI is InChI=1S/C13H14O/c1-2-13(14)12-8-7-10-5-3-4-6-11(10)9-12/h1,3-6,12-14H,7-9H2. The maximum absolute atomic E-state index is 9.57. The van der Waals surface area contributed by atoms with E-state index in [1.807, 2.05) is 6.07 Å². The fourth-order valence-electron chi connectivity index (χ4n) is 2.13. The fourth-order valence-corrected chi connectivity index (χ4v) is 2.13. The normalized spacial score (nSPS) is 22.1. The molecule has 0 bridgehead atoms. The molecule has 0 saturated heterocycles. The molecule has 1 aromatic rings. The van der Waals surface area contributed by atoms with Crippen molar-refractivity contribution in [1.82, 2.24) is 0 Å². The summed E-state index contributed by atoms with van der Waals surface area (Å²) in [6, 6.07) is 8.40. The molecule has 2 rings (SSSR count). The van der Waals surface area contributed by atoms with Crippen LogP contribution in [-0.2, 0) is 12.8 Å². The van der Waals surface area contributed by atoms with Crippen molar-refractivity contribution in [3.8, 4) is 12.3 Å². The predicted molar refractivity (Wildman–Crippen MR) is 56.8 cm³/mol. The number of rotatable bonds is 1. The van der Waals surface area contributed by atoms with Crippen molar-refractivity contribution >= 4 is 0 Å². The third-order valence-electron chi connectivity index (χ3n) is 3.00. The second kappa shape index (κ2) is 3.86. The van der Waals surface area contributed by atoms with Gasteiger partial charge in [0.25, 0.3) is 0 Å².